The van der Waals surface area contributed by atoms with Crippen LogP contribution in [0.2, 0.25) is 0 Å². The zero-order chi connectivity index (χ0) is 12.1. The van der Waals surface area contributed by atoms with Crippen LogP contribution in [-0.4, -0.2) is 0 Å². The highest BCUT2D eigenvalue weighted by Crippen LogP contribution is 2.26. The zero-order valence-electron chi connectivity index (χ0n) is 11.6. The van der Waals surface area contributed by atoms with Crippen LogP contribution in [-0.2, 0) is 0 Å². The number of hydrogen-bond donors (Lipinski definition) is 0. The lowest BCUT2D eigenvalue weighted by Crippen LogP contribution is -1.90. The van der Waals surface area contributed by atoms with Gasteiger partial charge in [0.1, 0.15) is 0 Å². The first-order valence-corrected chi connectivity index (χ1v) is 7.47. The van der Waals surface area contributed by atoms with Gasteiger partial charge in [-0.15, -0.1) is 0 Å². The van der Waals surface area contributed by atoms with Gasteiger partial charge < -0.3 is 0 Å². The fourth-order valence-corrected chi connectivity index (χ4v) is 2.26. The molecule has 1 unspecified atom stereocenters. The molecular formula is C16H32. The Balaban J connectivity index is 0.000000281. The van der Waals surface area contributed by atoms with Crippen molar-refractivity contribution >= 4 is 0 Å². The van der Waals surface area contributed by atoms with E-state index in [0.717, 1.165) is 12.3 Å². The molecule has 0 saturated heterocycles. The maximum atomic E-state index is 3.78. The van der Waals surface area contributed by atoms with Crippen molar-refractivity contribution in [2.24, 2.45) is 5.92 Å². The van der Waals surface area contributed by atoms with E-state index in [0.29, 0.717) is 0 Å². The van der Waals surface area contributed by atoms with Gasteiger partial charge in [0.2, 0.25) is 0 Å². The van der Waals surface area contributed by atoms with Crippen LogP contribution in [0.15, 0.2) is 0 Å². The lowest BCUT2D eigenvalue weighted by molar-refractivity contribution is 0.559. The second-order valence-corrected chi connectivity index (χ2v) is 4.98. The first kappa shape index (κ1) is 16.0. The molecule has 0 heteroatoms. The van der Waals surface area contributed by atoms with Gasteiger partial charge in [-0.2, -0.15) is 0 Å². The van der Waals surface area contributed by atoms with E-state index >= 15 is 0 Å². The van der Waals surface area contributed by atoms with Crippen molar-refractivity contribution in [3.8, 4) is 0 Å². The fraction of sp³-hybridized carbons (Fsp3) is 0.875. The summed E-state index contributed by atoms with van der Waals surface area (Å²) in [6.07, 6.45) is 17.6. The third-order valence-corrected chi connectivity index (χ3v) is 3.29. The third-order valence-electron chi connectivity index (χ3n) is 3.29. The van der Waals surface area contributed by atoms with Crippen molar-refractivity contribution in [2.75, 3.05) is 0 Å². The summed E-state index contributed by atoms with van der Waals surface area (Å²) in [6.45, 7) is 8.29. The van der Waals surface area contributed by atoms with E-state index in [2.05, 4.69) is 27.2 Å². The van der Waals surface area contributed by atoms with Crippen LogP contribution in [0.5, 0.6) is 0 Å². The van der Waals surface area contributed by atoms with Crippen LogP contribution in [0.25, 0.3) is 0 Å². The Hall–Kier alpha value is 0. The summed E-state index contributed by atoms with van der Waals surface area (Å²) in [6, 6.07) is 0. The van der Waals surface area contributed by atoms with E-state index in [1.165, 1.54) is 64.2 Å². The molecule has 16 heavy (non-hydrogen) atoms. The van der Waals surface area contributed by atoms with E-state index in [-0.39, 0.29) is 0 Å². The lowest BCUT2D eigenvalue weighted by atomic mass is 10.0. The topological polar surface area (TPSA) is 0 Å². The van der Waals surface area contributed by atoms with E-state index < -0.39 is 0 Å². The Morgan fingerprint density at radius 2 is 1.81 bits per heavy atom. The molecule has 0 nitrogen and oxygen atoms in total. The number of rotatable bonds is 7. The minimum atomic E-state index is 0.986. The molecule has 2 radical (unpaired) electrons. The minimum Gasteiger partial charge on any atom is -0.0654 e. The molecule has 1 aliphatic carbocycles. The van der Waals surface area contributed by atoms with E-state index in [1.54, 1.807) is 0 Å². The van der Waals surface area contributed by atoms with Crippen molar-refractivity contribution in [1.29, 1.82) is 0 Å². The molecule has 96 valence electrons. The molecule has 1 saturated carbocycles. The molecular weight excluding hydrogens is 192 g/mol. The summed E-state index contributed by atoms with van der Waals surface area (Å²) < 4.78 is 0. The zero-order valence-corrected chi connectivity index (χ0v) is 11.6. The van der Waals surface area contributed by atoms with Gasteiger partial charge in [-0.05, 0) is 18.8 Å². The predicted molar refractivity (Wildman–Crippen MR) is 75.3 cm³/mol. The third kappa shape index (κ3) is 10.5. The quantitative estimate of drug-likeness (QED) is 0.467. The maximum Gasteiger partial charge on any atom is -0.0355 e. The lowest BCUT2D eigenvalue weighted by Gasteiger charge is -2.03. The summed E-state index contributed by atoms with van der Waals surface area (Å²) >= 11 is 0. The van der Waals surface area contributed by atoms with Crippen LogP contribution in [0.1, 0.15) is 84.5 Å². The molecule has 1 atom stereocenters. The normalized spacial score (nSPS) is 15.9. The average Bonchev–Trinajstić information content (AvgIpc) is 2.79. The first-order valence-electron chi connectivity index (χ1n) is 7.47. The van der Waals surface area contributed by atoms with Crippen LogP contribution in [0.3, 0.4) is 0 Å². The molecule has 1 fully saturated rings. The van der Waals surface area contributed by atoms with Crippen LogP contribution in [0, 0.1) is 19.3 Å². The van der Waals surface area contributed by atoms with Crippen molar-refractivity contribution in [3.05, 3.63) is 13.3 Å². The van der Waals surface area contributed by atoms with Gasteiger partial charge >= 0.3 is 0 Å². The van der Waals surface area contributed by atoms with Crippen LogP contribution >= 0.6 is 0 Å². The molecule has 0 aromatic heterocycles. The standard InChI is InChI=1S/C8H15.C8H17/c1-2-5-8-6-3-4-7-8;1-3-5-7-8-6-4-2/h6,8H,2-5,7H2,1H3;1,3-8H2,2H3. The summed E-state index contributed by atoms with van der Waals surface area (Å²) in [4.78, 5) is 0. The Kier molecular flexibility index (Phi) is 13.1. The van der Waals surface area contributed by atoms with E-state index in [9.17, 15) is 0 Å². The highest BCUT2D eigenvalue weighted by molar-refractivity contribution is 4.82. The average molecular weight is 224 g/mol. The van der Waals surface area contributed by atoms with Crippen molar-refractivity contribution in [1.82, 2.24) is 0 Å². The summed E-state index contributed by atoms with van der Waals surface area (Å²) in [5.41, 5.74) is 0. The minimum absolute atomic E-state index is 0.986. The number of hydrogen-bond acceptors (Lipinski definition) is 0. The van der Waals surface area contributed by atoms with Gasteiger partial charge in [0, 0.05) is 0 Å². The van der Waals surface area contributed by atoms with Crippen molar-refractivity contribution in [2.45, 2.75) is 84.5 Å². The Morgan fingerprint density at radius 1 is 1.06 bits per heavy atom. The molecule has 0 aliphatic heterocycles. The second-order valence-electron chi connectivity index (χ2n) is 4.98. The van der Waals surface area contributed by atoms with Gasteiger partial charge in [0.15, 0.2) is 0 Å². The van der Waals surface area contributed by atoms with Crippen LogP contribution in [0.4, 0.5) is 0 Å². The molecule has 0 spiro atoms. The maximum absolute atomic E-state index is 3.78. The summed E-state index contributed by atoms with van der Waals surface area (Å²) in [7, 11) is 0. The SMILES string of the molecule is CCCC1[CH]CCC1.[CH2]CCCCCCC. The monoisotopic (exact) mass is 224 g/mol. The van der Waals surface area contributed by atoms with Gasteiger partial charge in [0.25, 0.3) is 0 Å². The molecule has 0 N–H and O–H groups in total. The predicted octanol–water partition coefficient (Wildman–Crippen LogP) is 5.97. The number of unbranched alkanes of at least 4 members (excludes halogenated alkanes) is 5. The van der Waals surface area contributed by atoms with Crippen molar-refractivity contribution in [3.63, 3.8) is 0 Å². The van der Waals surface area contributed by atoms with Crippen molar-refractivity contribution < 1.29 is 0 Å². The molecule has 1 rings (SSSR count). The van der Waals surface area contributed by atoms with Gasteiger partial charge in [0.05, 0.1) is 0 Å². The van der Waals surface area contributed by atoms with Gasteiger partial charge in [-0.1, -0.05) is 85.0 Å². The molecule has 0 bridgehead atoms. The molecule has 1 aliphatic rings. The molecule has 0 amide bonds. The fourth-order valence-electron chi connectivity index (χ4n) is 2.26. The van der Waals surface area contributed by atoms with Crippen LogP contribution < -0.4 is 0 Å². The highest BCUT2D eigenvalue weighted by Gasteiger charge is 2.12. The first-order chi connectivity index (χ1) is 7.85. The Bertz CT molecular complexity index is 105. The summed E-state index contributed by atoms with van der Waals surface area (Å²) in [5.74, 6) is 0.986. The van der Waals surface area contributed by atoms with E-state index in [1.807, 2.05) is 0 Å². The Labute approximate surface area is 104 Å². The van der Waals surface area contributed by atoms with Gasteiger partial charge in [-0.25, -0.2) is 0 Å². The highest BCUT2D eigenvalue weighted by atomic mass is 14.2. The van der Waals surface area contributed by atoms with Gasteiger partial charge in [-0.3, -0.25) is 0 Å². The molecule has 0 aromatic rings. The molecule has 0 heterocycles. The second kappa shape index (κ2) is 13.1. The molecule has 0 aromatic carbocycles. The Morgan fingerprint density at radius 3 is 2.31 bits per heavy atom. The largest absolute Gasteiger partial charge is 0.0654 e. The summed E-state index contributed by atoms with van der Waals surface area (Å²) in [5, 5.41) is 0. The van der Waals surface area contributed by atoms with E-state index in [4.69, 9.17) is 0 Å². The smallest absolute Gasteiger partial charge is 0.0355 e.